The van der Waals surface area contributed by atoms with Crippen LogP contribution in [-0.2, 0) is 4.79 Å². The van der Waals surface area contributed by atoms with E-state index in [2.05, 4.69) is 5.43 Å². The number of carbonyl (C=O) groups is 1. The second-order valence-electron chi connectivity index (χ2n) is 3.15. The summed E-state index contributed by atoms with van der Waals surface area (Å²) in [6, 6.07) is 0. The van der Waals surface area contributed by atoms with Crippen molar-refractivity contribution < 1.29 is 4.79 Å². The van der Waals surface area contributed by atoms with E-state index < -0.39 is 5.54 Å². The third-order valence-electron chi connectivity index (χ3n) is 2.46. The number of hydrogen-bond acceptors (Lipinski definition) is 3. The monoisotopic (exact) mass is 157 g/mol. The molecule has 0 unspecified atom stereocenters. The van der Waals surface area contributed by atoms with Crippen LogP contribution in [0.4, 0.5) is 0 Å². The standard InChI is InChI=1S/C7H15N3O/c8-6(11)7(10-9)4-2-1-3-5-7/h10H,1-5,9H2,(H2,8,11). The van der Waals surface area contributed by atoms with Gasteiger partial charge in [-0.05, 0) is 12.8 Å². The number of carbonyl (C=O) groups excluding carboxylic acids is 1. The molecule has 0 bridgehead atoms. The van der Waals surface area contributed by atoms with Crippen molar-refractivity contribution in [1.29, 1.82) is 0 Å². The van der Waals surface area contributed by atoms with Gasteiger partial charge in [0.25, 0.3) is 0 Å². The predicted molar refractivity (Wildman–Crippen MR) is 42.3 cm³/mol. The molecule has 0 heterocycles. The molecule has 1 saturated carbocycles. The van der Waals surface area contributed by atoms with Crippen LogP contribution in [0.2, 0.25) is 0 Å². The first kappa shape index (κ1) is 8.49. The Bertz CT molecular complexity index is 152. The molecule has 0 radical (unpaired) electrons. The van der Waals surface area contributed by atoms with Crippen molar-refractivity contribution in [2.45, 2.75) is 37.6 Å². The van der Waals surface area contributed by atoms with Crippen LogP contribution in [0.25, 0.3) is 0 Å². The summed E-state index contributed by atoms with van der Waals surface area (Å²) in [5.74, 6) is 4.97. The molecule has 1 aliphatic carbocycles. The van der Waals surface area contributed by atoms with Crippen LogP contribution in [0.3, 0.4) is 0 Å². The molecule has 4 nitrogen and oxygen atoms in total. The highest BCUT2D eigenvalue weighted by Crippen LogP contribution is 2.26. The van der Waals surface area contributed by atoms with Crippen molar-refractivity contribution in [3.05, 3.63) is 0 Å². The summed E-state index contributed by atoms with van der Waals surface area (Å²) in [6.45, 7) is 0. The van der Waals surface area contributed by atoms with Gasteiger partial charge in [0.2, 0.25) is 5.91 Å². The molecule has 1 rings (SSSR count). The van der Waals surface area contributed by atoms with Gasteiger partial charge in [0, 0.05) is 0 Å². The van der Waals surface area contributed by atoms with Crippen LogP contribution in [0.5, 0.6) is 0 Å². The summed E-state index contributed by atoms with van der Waals surface area (Å²) in [6.07, 6.45) is 4.80. The van der Waals surface area contributed by atoms with Crippen LogP contribution >= 0.6 is 0 Å². The highest BCUT2D eigenvalue weighted by molar-refractivity contribution is 5.84. The minimum absolute atomic E-state index is 0.320. The largest absolute Gasteiger partial charge is 0.368 e. The maximum Gasteiger partial charge on any atom is 0.239 e. The van der Waals surface area contributed by atoms with Crippen molar-refractivity contribution in [2.75, 3.05) is 0 Å². The molecule has 64 valence electrons. The molecule has 0 atom stereocenters. The highest BCUT2D eigenvalue weighted by atomic mass is 16.1. The molecular weight excluding hydrogens is 142 g/mol. The molecule has 4 heteroatoms. The van der Waals surface area contributed by atoms with Gasteiger partial charge in [-0.1, -0.05) is 19.3 Å². The van der Waals surface area contributed by atoms with Crippen molar-refractivity contribution in [3.63, 3.8) is 0 Å². The first-order valence-electron chi connectivity index (χ1n) is 3.99. The third-order valence-corrected chi connectivity index (χ3v) is 2.46. The zero-order valence-electron chi connectivity index (χ0n) is 6.60. The molecule has 0 spiro atoms. The van der Waals surface area contributed by atoms with Gasteiger partial charge >= 0.3 is 0 Å². The van der Waals surface area contributed by atoms with Gasteiger partial charge in [-0.2, -0.15) is 0 Å². The molecule has 1 amide bonds. The lowest BCUT2D eigenvalue weighted by molar-refractivity contribution is -0.125. The Morgan fingerprint density at radius 1 is 1.27 bits per heavy atom. The zero-order valence-corrected chi connectivity index (χ0v) is 6.60. The van der Waals surface area contributed by atoms with E-state index in [1.165, 1.54) is 6.42 Å². The molecule has 0 aromatic heterocycles. The third kappa shape index (κ3) is 1.52. The quantitative estimate of drug-likeness (QED) is 0.378. The Hall–Kier alpha value is -0.610. The summed E-state index contributed by atoms with van der Waals surface area (Å²) in [5.41, 5.74) is 7.16. The van der Waals surface area contributed by atoms with E-state index in [0.717, 1.165) is 25.7 Å². The van der Waals surface area contributed by atoms with Gasteiger partial charge < -0.3 is 5.73 Å². The van der Waals surface area contributed by atoms with Gasteiger partial charge in [-0.3, -0.25) is 10.6 Å². The SMILES string of the molecule is NNC1(C(N)=O)CCCCC1. The van der Waals surface area contributed by atoms with Gasteiger partial charge in [0.05, 0.1) is 0 Å². The maximum absolute atomic E-state index is 11.0. The fraction of sp³-hybridized carbons (Fsp3) is 0.857. The molecule has 5 N–H and O–H groups in total. The number of hydrogen-bond donors (Lipinski definition) is 3. The maximum atomic E-state index is 11.0. The lowest BCUT2D eigenvalue weighted by Crippen LogP contribution is -2.59. The summed E-state index contributed by atoms with van der Waals surface area (Å²) in [4.78, 5) is 11.0. The molecule has 0 saturated heterocycles. The van der Waals surface area contributed by atoms with Crippen molar-refractivity contribution >= 4 is 5.91 Å². The van der Waals surface area contributed by atoms with Crippen LogP contribution in [-0.4, -0.2) is 11.4 Å². The molecule has 0 aromatic rings. The van der Waals surface area contributed by atoms with E-state index in [9.17, 15) is 4.79 Å². The van der Waals surface area contributed by atoms with Crippen LogP contribution in [0, 0.1) is 0 Å². The number of primary amides is 1. The van der Waals surface area contributed by atoms with Gasteiger partial charge in [0.1, 0.15) is 5.54 Å². The Morgan fingerprint density at radius 3 is 2.09 bits per heavy atom. The number of hydrazine groups is 1. The number of rotatable bonds is 2. The second kappa shape index (κ2) is 3.19. The van der Waals surface area contributed by atoms with Gasteiger partial charge in [-0.15, -0.1) is 0 Å². The number of amides is 1. The average Bonchev–Trinajstić information content (AvgIpc) is 2.05. The zero-order chi connectivity index (χ0) is 8.32. The summed E-state index contributed by atoms with van der Waals surface area (Å²) in [5, 5.41) is 0. The first-order chi connectivity index (χ1) is 5.21. The van der Waals surface area contributed by atoms with E-state index >= 15 is 0 Å². The first-order valence-corrected chi connectivity index (χ1v) is 3.99. The fourth-order valence-corrected chi connectivity index (χ4v) is 1.62. The molecule has 1 fully saturated rings. The molecule has 11 heavy (non-hydrogen) atoms. The Morgan fingerprint density at radius 2 is 1.82 bits per heavy atom. The smallest absolute Gasteiger partial charge is 0.239 e. The van der Waals surface area contributed by atoms with Crippen molar-refractivity contribution in [1.82, 2.24) is 5.43 Å². The average molecular weight is 157 g/mol. The molecular formula is C7H15N3O. The minimum Gasteiger partial charge on any atom is -0.368 e. The predicted octanol–water partition coefficient (Wildman–Crippen LogP) is -0.362. The van der Waals surface area contributed by atoms with E-state index in [1.54, 1.807) is 0 Å². The van der Waals surface area contributed by atoms with Gasteiger partial charge in [0.15, 0.2) is 0 Å². The Kier molecular flexibility index (Phi) is 2.46. The molecule has 1 aliphatic rings. The topological polar surface area (TPSA) is 81.1 Å². The van der Waals surface area contributed by atoms with Crippen molar-refractivity contribution in [3.8, 4) is 0 Å². The van der Waals surface area contributed by atoms with E-state index in [0.29, 0.717) is 0 Å². The molecule has 0 aliphatic heterocycles. The number of nitrogens with one attached hydrogen (secondary N) is 1. The fourth-order valence-electron chi connectivity index (χ4n) is 1.62. The van der Waals surface area contributed by atoms with Crippen LogP contribution in [0.1, 0.15) is 32.1 Å². The highest BCUT2D eigenvalue weighted by Gasteiger charge is 2.36. The normalized spacial score (nSPS) is 23.0. The van der Waals surface area contributed by atoms with Crippen LogP contribution < -0.4 is 17.0 Å². The van der Waals surface area contributed by atoms with Gasteiger partial charge in [-0.25, -0.2) is 5.43 Å². The minimum atomic E-state index is -0.613. The Labute approximate surface area is 66.3 Å². The Balaban J connectivity index is 2.64. The lowest BCUT2D eigenvalue weighted by atomic mass is 9.82. The number of nitrogens with two attached hydrogens (primary N) is 2. The lowest BCUT2D eigenvalue weighted by Gasteiger charge is -2.33. The summed E-state index contributed by atoms with van der Waals surface area (Å²) >= 11 is 0. The summed E-state index contributed by atoms with van der Waals surface area (Å²) in [7, 11) is 0. The van der Waals surface area contributed by atoms with Crippen LogP contribution in [0.15, 0.2) is 0 Å². The van der Waals surface area contributed by atoms with E-state index in [4.69, 9.17) is 11.6 Å². The van der Waals surface area contributed by atoms with Crippen molar-refractivity contribution in [2.24, 2.45) is 11.6 Å². The second-order valence-corrected chi connectivity index (χ2v) is 3.15. The summed E-state index contributed by atoms with van der Waals surface area (Å²) < 4.78 is 0. The molecule has 0 aromatic carbocycles. The van der Waals surface area contributed by atoms with E-state index in [1.807, 2.05) is 0 Å². The van der Waals surface area contributed by atoms with E-state index in [-0.39, 0.29) is 5.91 Å².